The summed E-state index contributed by atoms with van der Waals surface area (Å²) in [5.41, 5.74) is 6.33. The molecule has 0 aliphatic heterocycles. The van der Waals surface area contributed by atoms with Gasteiger partial charge in [0.25, 0.3) is 0 Å². The van der Waals surface area contributed by atoms with Gasteiger partial charge in [-0.15, -0.1) is 11.8 Å². The molecular formula is C13H19NO5S. The predicted octanol–water partition coefficient (Wildman–Crippen LogP) is 1.80. The van der Waals surface area contributed by atoms with E-state index in [0.717, 1.165) is 0 Å². The highest BCUT2D eigenvalue weighted by Gasteiger charge is 2.33. The molecule has 0 saturated heterocycles. The Kier molecular flexibility index (Phi) is 5.24. The van der Waals surface area contributed by atoms with Crippen LogP contribution >= 0.6 is 11.8 Å². The molecule has 0 bridgehead atoms. The molecular weight excluding hydrogens is 282 g/mol. The van der Waals surface area contributed by atoms with E-state index in [-0.39, 0.29) is 5.76 Å². The Labute approximate surface area is 121 Å². The number of carbonyl (C=O) groups excluding carboxylic acids is 1. The van der Waals surface area contributed by atoms with E-state index in [9.17, 15) is 9.59 Å². The van der Waals surface area contributed by atoms with Gasteiger partial charge in [-0.1, -0.05) is 0 Å². The lowest BCUT2D eigenvalue weighted by molar-refractivity contribution is -0.139. The van der Waals surface area contributed by atoms with E-state index in [1.54, 1.807) is 26.8 Å². The van der Waals surface area contributed by atoms with Crippen molar-refractivity contribution in [3.63, 3.8) is 0 Å². The molecule has 0 spiro atoms. The number of rotatable bonds is 6. The van der Waals surface area contributed by atoms with E-state index in [4.69, 9.17) is 15.3 Å². The molecule has 1 aromatic rings. The largest absolute Gasteiger partial charge is 0.480 e. The maximum atomic E-state index is 11.4. The average Bonchev–Trinajstić information content (AvgIpc) is 2.76. The molecule has 0 amide bonds. The zero-order valence-corrected chi connectivity index (χ0v) is 12.7. The van der Waals surface area contributed by atoms with Gasteiger partial charge in [-0.2, -0.15) is 0 Å². The van der Waals surface area contributed by atoms with Gasteiger partial charge in [-0.05, 0) is 26.8 Å². The number of carbonyl (C=O) groups is 2. The number of aryl methyl sites for hydroxylation is 1. The van der Waals surface area contributed by atoms with Crippen molar-refractivity contribution >= 4 is 23.7 Å². The number of ether oxygens (including phenoxy) is 1. The van der Waals surface area contributed by atoms with Gasteiger partial charge in [-0.25, -0.2) is 4.79 Å². The first-order valence-corrected chi connectivity index (χ1v) is 6.97. The van der Waals surface area contributed by atoms with Crippen LogP contribution in [-0.2, 0) is 15.3 Å². The van der Waals surface area contributed by atoms with Gasteiger partial charge in [0.2, 0.25) is 5.76 Å². The normalized spacial score (nSPS) is 13.1. The van der Waals surface area contributed by atoms with Gasteiger partial charge >= 0.3 is 11.9 Å². The second-order valence-corrected chi connectivity index (χ2v) is 6.55. The highest BCUT2D eigenvalue weighted by molar-refractivity contribution is 7.99. The van der Waals surface area contributed by atoms with Crippen LogP contribution in [0, 0.1) is 6.92 Å². The molecule has 1 aromatic heterocycles. The van der Waals surface area contributed by atoms with Crippen LogP contribution in [0.2, 0.25) is 0 Å². The fourth-order valence-corrected chi connectivity index (χ4v) is 2.50. The Morgan fingerprint density at radius 2 is 2.15 bits per heavy atom. The number of carboxylic acids is 1. The van der Waals surface area contributed by atoms with Gasteiger partial charge in [0.05, 0.1) is 12.9 Å². The van der Waals surface area contributed by atoms with Gasteiger partial charge in [0.15, 0.2) is 0 Å². The second kappa shape index (κ2) is 6.32. The molecule has 0 unspecified atom stereocenters. The Balaban J connectivity index is 2.76. The summed E-state index contributed by atoms with van der Waals surface area (Å²) in [6, 6.07) is 0.755. The molecule has 112 valence electrons. The van der Waals surface area contributed by atoms with E-state index in [2.05, 4.69) is 4.74 Å². The van der Waals surface area contributed by atoms with Crippen molar-refractivity contribution in [3.8, 4) is 0 Å². The highest BCUT2D eigenvalue weighted by atomic mass is 32.2. The first kappa shape index (κ1) is 16.6. The zero-order valence-electron chi connectivity index (χ0n) is 11.9. The van der Waals surface area contributed by atoms with E-state index >= 15 is 0 Å². The third-order valence-corrected chi connectivity index (χ3v) is 4.37. The average molecular weight is 301 g/mol. The van der Waals surface area contributed by atoms with Crippen molar-refractivity contribution in [1.29, 1.82) is 0 Å². The Bertz CT molecular complexity index is 509. The second-order valence-electron chi connectivity index (χ2n) is 4.92. The summed E-state index contributed by atoms with van der Waals surface area (Å²) in [6.45, 7) is 5.26. The van der Waals surface area contributed by atoms with Crippen LogP contribution in [0.15, 0.2) is 10.5 Å². The summed E-state index contributed by atoms with van der Waals surface area (Å²) in [5, 5.41) is 8.94. The number of carboxylic acid groups (broad SMARTS) is 1. The van der Waals surface area contributed by atoms with E-state index in [0.29, 0.717) is 17.1 Å². The maximum absolute atomic E-state index is 11.4. The molecule has 7 heteroatoms. The molecule has 1 rings (SSSR count). The van der Waals surface area contributed by atoms with Crippen molar-refractivity contribution in [2.75, 3.05) is 7.11 Å². The minimum Gasteiger partial charge on any atom is -0.480 e. The third-order valence-electron chi connectivity index (χ3n) is 2.94. The molecule has 1 atom stereocenters. The molecule has 0 aromatic carbocycles. The lowest BCUT2D eigenvalue weighted by Crippen LogP contribution is -2.46. The number of furan rings is 1. The van der Waals surface area contributed by atoms with Crippen molar-refractivity contribution < 1.29 is 23.8 Å². The lowest BCUT2D eigenvalue weighted by atomic mass is 10.1. The number of esters is 1. The summed E-state index contributed by atoms with van der Waals surface area (Å²) >= 11 is 1.36. The highest BCUT2D eigenvalue weighted by Crippen LogP contribution is 2.31. The minimum atomic E-state index is -1.05. The van der Waals surface area contributed by atoms with Crippen LogP contribution in [0.5, 0.6) is 0 Å². The van der Waals surface area contributed by atoms with Crippen LogP contribution < -0.4 is 5.73 Å². The molecule has 20 heavy (non-hydrogen) atoms. The minimum absolute atomic E-state index is 0.170. The Hall–Kier alpha value is -1.47. The van der Waals surface area contributed by atoms with Gasteiger partial charge < -0.3 is 20.0 Å². The summed E-state index contributed by atoms with van der Waals surface area (Å²) in [5.74, 6) is -0.401. The number of aliphatic carboxylic acids is 1. The van der Waals surface area contributed by atoms with E-state index in [1.807, 2.05) is 0 Å². The topological polar surface area (TPSA) is 103 Å². The van der Waals surface area contributed by atoms with Crippen LogP contribution in [0.25, 0.3) is 0 Å². The summed E-state index contributed by atoms with van der Waals surface area (Å²) in [6.07, 6.45) is 0. The van der Waals surface area contributed by atoms with E-state index in [1.165, 1.54) is 18.9 Å². The monoisotopic (exact) mass is 301 g/mol. The van der Waals surface area contributed by atoms with Crippen LogP contribution in [-0.4, -0.2) is 34.9 Å². The van der Waals surface area contributed by atoms with E-state index < -0.39 is 22.7 Å². The van der Waals surface area contributed by atoms with Crippen molar-refractivity contribution in [3.05, 3.63) is 23.2 Å². The third kappa shape index (κ3) is 3.77. The predicted molar refractivity (Wildman–Crippen MR) is 75.8 cm³/mol. The number of hydrogen-bond donors (Lipinski definition) is 2. The lowest BCUT2D eigenvalue weighted by Gasteiger charge is -2.27. The van der Waals surface area contributed by atoms with Crippen LogP contribution in [0.3, 0.4) is 0 Å². The molecule has 0 aliphatic rings. The van der Waals surface area contributed by atoms with Crippen molar-refractivity contribution in [2.24, 2.45) is 5.73 Å². The standard InChI is InChI=1S/C13H19NO5S/c1-7-5-8(19-9(7)12(17)18-4)6-20-13(2,3)10(14)11(15)16/h5,10H,6,14H2,1-4H3,(H,15,16)/t10-/m0/s1. The number of hydrogen-bond acceptors (Lipinski definition) is 6. The summed E-state index contributed by atoms with van der Waals surface area (Å²) in [7, 11) is 1.29. The molecule has 3 N–H and O–H groups in total. The zero-order chi connectivity index (χ0) is 15.5. The molecule has 0 radical (unpaired) electrons. The molecule has 1 heterocycles. The van der Waals surface area contributed by atoms with Crippen molar-refractivity contribution in [1.82, 2.24) is 0 Å². The molecule has 0 fully saturated rings. The molecule has 0 aliphatic carbocycles. The number of nitrogens with two attached hydrogens (primary N) is 1. The maximum Gasteiger partial charge on any atom is 0.374 e. The first-order chi connectivity index (χ1) is 9.19. The Morgan fingerprint density at radius 3 is 2.65 bits per heavy atom. The summed E-state index contributed by atoms with van der Waals surface area (Å²) < 4.78 is 9.37. The summed E-state index contributed by atoms with van der Waals surface area (Å²) in [4.78, 5) is 22.3. The van der Waals surface area contributed by atoms with Gasteiger partial charge in [-0.3, -0.25) is 4.79 Å². The van der Waals surface area contributed by atoms with Crippen molar-refractivity contribution in [2.45, 2.75) is 37.3 Å². The first-order valence-electron chi connectivity index (χ1n) is 5.99. The fourth-order valence-electron chi connectivity index (χ4n) is 1.56. The van der Waals surface area contributed by atoms with Gasteiger partial charge in [0, 0.05) is 10.3 Å². The Morgan fingerprint density at radius 1 is 1.55 bits per heavy atom. The fraction of sp³-hybridized carbons (Fsp3) is 0.538. The quantitative estimate of drug-likeness (QED) is 0.772. The van der Waals surface area contributed by atoms with Gasteiger partial charge in [0.1, 0.15) is 11.8 Å². The SMILES string of the molecule is COC(=O)c1oc(CSC(C)(C)[C@@H](N)C(=O)O)cc1C. The molecule has 0 saturated carbocycles. The number of methoxy groups -OCH3 is 1. The van der Waals surface area contributed by atoms with Crippen LogP contribution in [0.1, 0.15) is 35.7 Å². The number of thioether (sulfide) groups is 1. The smallest absolute Gasteiger partial charge is 0.374 e. The molecule has 6 nitrogen and oxygen atoms in total. The van der Waals surface area contributed by atoms with Crippen LogP contribution in [0.4, 0.5) is 0 Å².